The molecule has 188 valence electrons. The fourth-order valence-corrected chi connectivity index (χ4v) is 6.19. The minimum absolute atomic E-state index is 0.0282. The Hall–Kier alpha value is -2.18. The zero-order valence-electron chi connectivity index (χ0n) is 19.7. The third kappa shape index (κ3) is 5.38. The maximum atomic E-state index is 13.0. The van der Waals surface area contributed by atoms with Crippen molar-refractivity contribution in [1.29, 1.82) is 0 Å². The first-order chi connectivity index (χ1) is 15.9. The Balaban J connectivity index is 1.48. The third-order valence-corrected chi connectivity index (χ3v) is 8.35. The van der Waals surface area contributed by atoms with Gasteiger partial charge in [-0.25, -0.2) is 13.8 Å². The van der Waals surface area contributed by atoms with E-state index in [0.717, 1.165) is 24.6 Å². The summed E-state index contributed by atoms with van der Waals surface area (Å²) in [6, 6.07) is 1.84. The van der Waals surface area contributed by atoms with Gasteiger partial charge in [0.15, 0.2) is 0 Å². The quantitative estimate of drug-likeness (QED) is 0.608. The van der Waals surface area contributed by atoms with Crippen LogP contribution in [0.5, 0.6) is 0 Å². The molecule has 4 rings (SSSR count). The second kappa shape index (κ2) is 9.46. The first-order valence-electron chi connectivity index (χ1n) is 11.7. The number of rotatable bonds is 7. The van der Waals surface area contributed by atoms with Crippen molar-refractivity contribution in [2.45, 2.75) is 70.9 Å². The largest absolute Gasteiger partial charge is 0.351 e. The molecule has 0 spiro atoms. The molecule has 0 amide bonds. The van der Waals surface area contributed by atoms with Crippen molar-refractivity contribution in [2.75, 3.05) is 25.0 Å². The number of anilines is 1. The van der Waals surface area contributed by atoms with Crippen LogP contribution in [0.1, 0.15) is 57.6 Å². The average molecular weight is 499 g/mol. The van der Waals surface area contributed by atoms with Gasteiger partial charge < -0.3 is 5.32 Å². The summed E-state index contributed by atoms with van der Waals surface area (Å²) in [6.07, 6.45) is 5.76. The number of nitrogens with one attached hydrogen (secondary N) is 2. The molecule has 0 bridgehead atoms. The summed E-state index contributed by atoms with van der Waals surface area (Å²) >= 11 is 0. The highest BCUT2D eigenvalue weighted by Crippen LogP contribution is 2.36. The molecule has 2 fully saturated rings. The minimum Gasteiger partial charge on any atom is -0.351 e. The number of hydrogen-bond donors (Lipinski definition) is 2. The van der Waals surface area contributed by atoms with E-state index in [2.05, 4.69) is 22.2 Å². The Kier molecular flexibility index (Phi) is 6.94. The van der Waals surface area contributed by atoms with E-state index < -0.39 is 22.7 Å². The SMILES string of the molecule is Cc1cc2cnc(NC3CCN(S(=O)(=O)NCC(C)(F)F)CC3)nc2n([C@@H]2CCC[C@@H]2C)c1=O. The van der Waals surface area contributed by atoms with Crippen LogP contribution in [0.25, 0.3) is 11.0 Å². The van der Waals surface area contributed by atoms with E-state index >= 15 is 0 Å². The number of hydrogen-bond acceptors (Lipinski definition) is 6. The molecule has 1 aliphatic carbocycles. The molecule has 2 N–H and O–H groups in total. The highest BCUT2D eigenvalue weighted by atomic mass is 32.2. The fourth-order valence-electron chi connectivity index (χ4n) is 4.88. The summed E-state index contributed by atoms with van der Waals surface area (Å²) in [5.74, 6) is -2.34. The Bertz CT molecular complexity index is 1210. The number of aryl methyl sites for hydroxylation is 1. The van der Waals surface area contributed by atoms with Crippen LogP contribution in [0.2, 0.25) is 0 Å². The van der Waals surface area contributed by atoms with E-state index in [9.17, 15) is 22.0 Å². The van der Waals surface area contributed by atoms with Crippen LogP contribution in [0.3, 0.4) is 0 Å². The monoisotopic (exact) mass is 498 g/mol. The Morgan fingerprint density at radius 3 is 2.53 bits per heavy atom. The molecule has 9 nitrogen and oxygen atoms in total. The van der Waals surface area contributed by atoms with Crippen molar-refractivity contribution in [2.24, 2.45) is 5.92 Å². The van der Waals surface area contributed by atoms with Gasteiger partial charge in [-0.1, -0.05) is 13.3 Å². The Morgan fingerprint density at radius 1 is 1.21 bits per heavy atom. The average Bonchev–Trinajstić information content (AvgIpc) is 3.19. The van der Waals surface area contributed by atoms with Crippen LogP contribution >= 0.6 is 0 Å². The Morgan fingerprint density at radius 2 is 1.91 bits per heavy atom. The van der Waals surface area contributed by atoms with Crippen molar-refractivity contribution in [1.82, 2.24) is 23.6 Å². The first-order valence-corrected chi connectivity index (χ1v) is 13.2. The molecule has 2 aliphatic rings. The number of aromatic nitrogens is 3. The molecule has 34 heavy (non-hydrogen) atoms. The highest BCUT2D eigenvalue weighted by molar-refractivity contribution is 7.87. The minimum atomic E-state index is -3.96. The Labute approximate surface area is 198 Å². The summed E-state index contributed by atoms with van der Waals surface area (Å²) in [5, 5.41) is 4.07. The second-order valence-corrected chi connectivity index (χ2v) is 11.4. The van der Waals surface area contributed by atoms with Gasteiger partial charge >= 0.3 is 0 Å². The summed E-state index contributed by atoms with van der Waals surface area (Å²) < 4.78 is 55.6. The van der Waals surface area contributed by atoms with E-state index in [4.69, 9.17) is 0 Å². The molecule has 0 unspecified atom stereocenters. The lowest BCUT2D eigenvalue weighted by Crippen LogP contribution is -2.49. The van der Waals surface area contributed by atoms with Crippen LogP contribution in [-0.2, 0) is 10.2 Å². The fraction of sp³-hybridized carbons (Fsp3) is 0.682. The lowest BCUT2D eigenvalue weighted by atomic mass is 10.1. The van der Waals surface area contributed by atoms with Crippen molar-refractivity contribution in [3.8, 4) is 0 Å². The molecule has 1 saturated carbocycles. The molecule has 0 radical (unpaired) electrons. The number of nitrogens with zero attached hydrogens (tertiary/aromatic N) is 4. The van der Waals surface area contributed by atoms with Crippen molar-refractivity contribution >= 4 is 27.2 Å². The second-order valence-electron chi connectivity index (χ2n) is 9.66. The number of halogens is 2. The van der Waals surface area contributed by atoms with Gasteiger partial charge in [0.05, 0.1) is 6.54 Å². The molecule has 1 saturated heterocycles. The van der Waals surface area contributed by atoms with E-state index in [1.165, 1.54) is 4.31 Å². The molecule has 3 heterocycles. The molecule has 0 aromatic carbocycles. The van der Waals surface area contributed by atoms with Gasteiger partial charge in [0.1, 0.15) is 5.65 Å². The number of pyridine rings is 1. The topological polar surface area (TPSA) is 109 Å². The lowest BCUT2D eigenvalue weighted by Gasteiger charge is -2.32. The maximum absolute atomic E-state index is 13.0. The normalized spacial score (nSPS) is 23.0. The predicted molar refractivity (Wildman–Crippen MR) is 126 cm³/mol. The van der Waals surface area contributed by atoms with Gasteiger partial charge in [0.25, 0.3) is 21.7 Å². The van der Waals surface area contributed by atoms with Gasteiger partial charge in [-0.05, 0) is 44.6 Å². The number of fused-ring (bicyclic) bond motifs is 1. The predicted octanol–water partition coefficient (Wildman–Crippen LogP) is 2.83. The summed E-state index contributed by atoms with van der Waals surface area (Å²) in [4.78, 5) is 22.1. The van der Waals surface area contributed by atoms with E-state index in [0.29, 0.717) is 42.8 Å². The molecule has 12 heteroatoms. The zero-order valence-corrected chi connectivity index (χ0v) is 20.5. The van der Waals surface area contributed by atoms with Crippen molar-refractivity contribution in [3.05, 3.63) is 28.2 Å². The standard InChI is InChI=1S/C22H32F2N6O3S/c1-14-5-4-6-18(14)30-19-16(11-15(2)20(30)31)12-25-21(28-19)27-17-7-9-29(10-8-17)34(32,33)26-13-22(3,23)24/h11-12,14,17-18,26H,4-10,13H2,1-3H3,(H,25,27,28)/t14-,18+/m0/s1. The van der Waals surface area contributed by atoms with Gasteiger partial charge in [0, 0.05) is 49.2 Å². The van der Waals surface area contributed by atoms with Crippen LogP contribution in [0.15, 0.2) is 17.1 Å². The highest BCUT2D eigenvalue weighted by Gasteiger charge is 2.32. The smallest absolute Gasteiger partial charge is 0.279 e. The number of piperidine rings is 1. The van der Waals surface area contributed by atoms with Crippen LogP contribution < -0.4 is 15.6 Å². The van der Waals surface area contributed by atoms with Gasteiger partial charge in [0.2, 0.25) is 5.95 Å². The van der Waals surface area contributed by atoms with Crippen molar-refractivity contribution < 1.29 is 17.2 Å². The van der Waals surface area contributed by atoms with Crippen LogP contribution in [0.4, 0.5) is 14.7 Å². The first kappa shape index (κ1) is 24.9. The zero-order chi connectivity index (χ0) is 24.7. The summed E-state index contributed by atoms with van der Waals surface area (Å²) in [5.41, 5.74) is 1.25. The molecular formula is C22H32F2N6O3S. The maximum Gasteiger partial charge on any atom is 0.279 e. The van der Waals surface area contributed by atoms with E-state index in [1.54, 1.807) is 6.20 Å². The summed E-state index contributed by atoms with van der Waals surface area (Å²) in [7, 11) is -3.96. The molecule has 2 aromatic rings. The van der Waals surface area contributed by atoms with E-state index in [1.807, 2.05) is 22.3 Å². The van der Waals surface area contributed by atoms with Gasteiger partial charge in [-0.15, -0.1) is 0 Å². The number of alkyl halides is 2. The molecule has 2 atom stereocenters. The lowest BCUT2D eigenvalue weighted by molar-refractivity contribution is 0.0277. The third-order valence-electron chi connectivity index (χ3n) is 6.79. The molecular weight excluding hydrogens is 466 g/mol. The van der Waals surface area contributed by atoms with Crippen molar-refractivity contribution in [3.63, 3.8) is 0 Å². The van der Waals surface area contributed by atoms with Crippen LogP contribution in [-0.4, -0.2) is 58.9 Å². The summed E-state index contributed by atoms with van der Waals surface area (Å²) in [6.45, 7) is 4.10. The van der Waals surface area contributed by atoms with Crippen LogP contribution in [0, 0.1) is 12.8 Å². The molecule has 1 aliphatic heterocycles. The molecule has 2 aromatic heterocycles. The van der Waals surface area contributed by atoms with Gasteiger partial charge in [-0.3, -0.25) is 9.36 Å². The van der Waals surface area contributed by atoms with Gasteiger partial charge in [-0.2, -0.15) is 22.4 Å². The van der Waals surface area contributed by atoms with E-state index in [-0.39, 0.29) is 30.7 Å².